The SMILES string of the molecule is COc1ccc(C(CN)N(C)c2ccccc2C)cc1Cl. The zero-order chi connectivity index (χ0) is 15.4. The lowest BCUT2D eigenvalue weighted by Crippen LogP contribution is -2.30. The van der Waals surface area contributed by atoms with Gasteiger partial charge >= 0.3 is 0 Å². The number of methoxy groups -OCH3 is 1. The van der Waals surface area contributed by atoms with Gasteiger partial charge in [0.15, 0.2) is 0 Å². The van der Waals surface area contributed by atoms with Gasteiger partial charge in [-0.3, -0.25) is 0 Å². The minimum Gasteiger partial charge on any atom is -0.495 e. The lowest BCUT2D eigenvalue weighted by atomic mass is 10.0. The first-order valence-corrected chi connectivity index (χ1v) is 7.28. The number of hydrogen-bond donors (Lipinski definition) is 1. The highest BCUT2D eigenvalue weighted by atomic mass is 35.5. The Morgan fingerprint density at radius 1 is 1.24 bits per heavy atom. The number of halogens is 1. The van der Waals surface area contributed by atoms with Crippen LogP contribution in [0.25, 0.3) is 0 Å². The van der Waals surface area contributed by atoms with Gasteiger partial charge in [0, 0.05) is 19.3 Å². The molecule has 4 heteroatoms. The number of hydrogen-bond acceptors (Lipinski definition) is 3. The van der Waals surface area contributed by atoms with Crippen LogP contribution in [0.5, 0.6) is 5.75 Å². The Morgan fingerprint density at radius 3 is 2.52 bits per heavy atom. The van der Waals surface area contributed by atoms with E-state index in [1.165, 1.54) is 11.3 Å². The number of ether oxygens (including phenoxy) is 1. The molecular weight excluding hydrogens is 284 g/mol. The molecule has 21 heavy (non-hydrogen) atoms. The van der Waals surface area contributed by atoms with Gasteiger partial charge in [0.05, 0.1) is 18.2 Å². The quantitative estimate of drug-likeness (QED) is 0.913. The topological polar surface area (TPSA) is 38.5 Å². The smallest absolute Gasteiger partial charge is 0.137 e. The van der Waals surface area contributed by atoms with Gasteiger partial charge in [-0.1, -0.05) is 35.9 Å². The minimum absolute atomic E-state index is 0.0644. The number of nitrogens with two attached hydrogens (primary N) is 1. The van der Waals surface area contributed by atoms with Gasteiger partial charge in [-0.25, -0.2) is 0 Å². The van der Waals surface area contributed by atoms with Crippen LogP contribution in [-0.4, -0.2) is 20.7 Å². The molecule has 0 spiro atoms. The van der Waals surface area contributed by atoms with Gasteiger partial charge in [0.2, 0.25) is 0 Å². The fraction of sp³-hybridized carbons (Fsp3) is 0.294. The zero-order valence-corrected chi connectivity index (χ0v) is 13.4. The molecule has 0 aliphatic heterocycles. The number of rotatable bonds is 5. The molecule has 0 aromatic heterocycles. The van der Waals surface area contributed by atoms with Gasteiger partial charge in [0.1, 0.15) is 5.75 Å². The van der Waals surface area contributed by atoms with Crippen LogP contribution >= 0.6 is 11.6 Å². The summed E-state index contributed by atoms with van der Waals surface area (Å²) in [5, 5.41) is 0.603. The predicted octanol–water partition coefficient (Wildman–Crippen LogP) is 3.79. The van der Waals surface area contributed by atoms with Crippen LogP contribution in [0.15, 0.2) is 42.5 Å². The van der Waals surface area contributed by atoms with Gasteiger partial charge in [-0.05, 0) is 36.2 Å². The van der Waals surface area contributed by atoms with Crippen molar-refractivity contribution in [1.29, 1.82) is 0 Å². The van der Waals surface area contributed by atoms with Gasteiger partial charge in [-0.2, -0.15) is 0 Å². The molecule has 0 amide bonds. The van der Waals surface area contributed by atoms with E-state index in [1.54, 1.807) is 7.11 Å². The third-order valence-electron chi connectivity index (χ3n) is 3.75. The molecule has 0 saturated carbocycles. The highest BCUT2D eigenvalue weighted by molar-refractivity contribution is 6.32. The van der Waals surface area contributed by atoms with E-state index in [2.05, 4.69) is 31.0 Å². The fourth-order valence-corrected chi connectivity index (χ4v) is 2.80. The highest BCUT2D eigenvalue weighted by Gasteiger charge is 2.18. The molecule has 2 aromatic rings. The Morgan fingerprint density at radius 2 is 1.95 bits per heavy atom. The summed E-state index contributed by atoms with van der Waals surface area (Å²) in [5.74, 6) is 0.676. The van der Waals surface area contributed by atoms with Crippen molar-refractivity contribution in [3.63, 3.8) is 0 Å². The Balaban J connectivity index is 2.35. The standard InChI is InChI=1S/C17H21ClN2O/c1-12-6-4-5-7-15(12)20(2)16(11-19)13-8-9-17(21-3)14(18)10-13/h4-10,16H,11,19H2,1-3H3. The van der Waals surface area contributed by atoms with Crippen molar-refractivity contribution in [2.45, 2.75) is 13.0 Å². The van der Waals surface area contributed by atoms with Crippen LogP contribution in [-0.2, 0) is 0 Å². The average Bonchev–Trinajstić information content (AvgIpc) is 2.48. The van der Waals surface area contributed by atoms with E-state index in [4.69, 9.17) is 22.1 Å². The van der Waals surface area contributed by atoms with E-state index >= 15 is 0 Å². The second kappa shape index (κ2) is 6.83. The Hall–Kier alpha value is -1.71. The second-order valence-corrected chi connectivity index (χ2v) is 5.45. The molecule has 0 saturated heterocycles. The van der Waals surface area contributed by atoms with Crippen molar-refractivity contribution >= 4 is 17.3 Å². The summed E-state index contributed by atoms with van der Waals surface area (Å²) in [7, 11) is 3.67. The molecule has 2 aromatic carbocycles. The van der Waals surface area contributed by atoms with Crippen LogP contribution in [0, 0.1) is 6.92 Å². The van der Waals surface area contributed by atoms with Crippen LogP contribution in [0.1, 0.15) is 17.2 Å². The van der Waals surface area contributed by atoms with E-state index in [9.17, 15) is 0 Å². The molecule has 1 unspecified atom stereocenters. The predicted molar refractivity (Wildman–Crippen MR) is 89.4 cm³/mol. The molecule has 0 heterocycles. The molecule has 0 aliphatic carbocycles. The minimum atomic E-state index is 0.0644. The van der Waals surface area contributed by atoms with Crippen molar-refractivity contribution in [1.82, 2.24) is 0 Å². The maximum absolute atomic E-state index is 6.23. The van der Waals surface area contributed by atoms with Crippen molar-refractivity contribution in [2.75, 3.05) is 25.6 Å². The molecular formula is C17H21ClN2O. The molecule has 0 fully saturated rings. The van der Waals surface area contributed by atoms with E-state index < -0.39 is 0 Å². The molecule has 3 nitrogen and oxygen atoms in total. The highest BCUT2D eigenvalue weighted by Crippen LogP contribution is 2.32. The Bertz CT molecular complexity index is 615. The fourth-order valence-electron chi connectivity index (χ4n) is 2.53. The van der Waals surface area contributed by atoms with Crippen LogP contribution in [0.2, 0.25) is 5.02 Å². The van der Waals surface area contributed by atoms with Gasteiger partial charge < -0.3 is 15.4 Å². The van der Waals surface area contributed by atoms with E-state index in [0.29, 0.717) is 17.3 Å². The summed E-state index contributed by atoms with van der Waals surface area (Å²) in [5.41, 5.74) is 9.46. The summed E-state index contributed by atoms with van der Waals surface area (Å²) in [6.07, 6.45) is 0. The van der Waals surface area contributed by atoms with Crippen LogP contribution in [0.3, 0.4) is 0 Å². The summed E-state index contributed by atoms with van der Waals surface area (Å²) < 4.78 is 5.20. The zero-order valence-electron chi connectivity index (χ0n) is 12.6. The number of likely N-dealkylation sites (N-methyl/N-ethyl adjacent to an activating group) is 1. The number of para-hydroxylation sites is 1. The number of anilines is 1. The van der Waals surface area contributed by atoms with Gasteiger partial charge in [0.25, 0.3) is 0 Å². The summed E-state index contributed by atoms with van der Waals surface area (Å²) in [4.78, 5) is 2.19. The third-order valence-corrected chi connectivity index (χ3v) is 4.04. The first-order valence-electron chi connectivity index (χ1n) is 6.90. The first kappa shape index (κ1) is 15.7. The Kier molecular flexibility index (Phi) is 5.10. The van der Waals surface area contributed by atoms with Crippen LogP contribution < -0.4 is 15.4 Å². The van der Waals surface area contributed by atoms with Crippen LogP contribution in [0.4, 0.5) is 5.69 Å². The van der Waals surface area contributed by atoms with E-state index in [0.717, 1.165) is 5.56 Å². The number of benzene rings is 2. The molecule has 112 valence electrons. The third kappa shape index (κ3) is 3.31. The van der Waals surface area contributed by atoms with Crippen molar-refractivity contribution in [2.24, 2.45) is 5.73 Å². The van der Waals surface area contributed by atoms with Crippen molar-refractivity contribution < 1.29 is 4.74 Å². The molecule has 2 N–H and O–H groups in total. The van der Waals surface area contributed by atoms with Crippen molar-refractivity contribution in [3.05, 3.63) is 58.6 Å². The maximum atomic E-state index is 6.23. The van der Waals surface area contributed by atoms with E-state index in [-0.39, 0.29) is 6.04 Å². The normalized spacial score (nSPS) is 12.0. The largest absolute Gasteiger partial charge is 0.495 e. The summed E-state index contributed by atoms with van der Waals surface area (Å²) in [6, 6.07) is 14.1. The monoisotopic (exact) mass is 304 g/mol. The molecule has 1 atom stereocenters. The molecule has 0 radical (unpaired) electrons. The number of aryl methyl sites for hydroxylation is 1. The summed E-state index contributed by atoms with van der Waals surface area (Å²) in [6.45, 7) is 2.61. The molecule has 0 bridgehead atoms. The first-order chi connectivity index (χ1) is 10.1. The van der Waals surface area contributed by atoms with Gasteiger partial charge in [-0.15, -0.1) is 0 Å². The van der Waals surface area contributed by atoms with E-state index in [1.807, 2.05) is 30.3 Å². The lowest BCUT2D eigenvalue weighted by molar-refractivity contribution is 0.414. The summed E-state index contributed by atoms with van der Waals surface area (Å²) >= 11 is 6.23. The lowest BCUT2D eigenvalue weighted by Gasteiger charge is -2.31. The Labute approximate surface area is 131 Å². The molecule has 0 aliphatic rings. The maximum Gasteiger partial charge on any atom is 0.137 e. The number of nitrogens with zero attached hydrogens (tertiary/aromatic N) is 1. The second-order valence-electron chi connectivity index (χ2n) is 5.04. The average molecular weight is 305 g/mol. The molecule has 2 rings (SSSR count). The van der Waals surface area contributed by atoms with Crippen molar-refractivity contribution in [3.8, 4) is 5.75 Å².